The average molecular weight is 771 g/mol. The third-order valence-corrected chi connectivity index (χ3v) is 9.66. The van der Waals surface area contributed by atoms with Crippen LogP contribution in [0.1, 0.15) is 19.4 Å². The van der Waals surface area contributed by atoms with E-state index in [1.807, 2.05) is 0 Å². The highest BCUT2D eigenvalue weighted by molar-refractivity contribution is 5.88. The molecule has 1 aromatic heterocycles. The van der Waals surface area contributed by atoms with Gasteiger partial charge in [0.2, 0.25) is 23.8 Å². The molecule has 12 N–H and O–H groups in total. The molecule has 2 aromatic carbocycles. The van der Waals surface area contributed by atoms with Gasteiger partial charge in [-0.1, -0.05) is 0 Å². The minimum Gasteiger partial charge on any atom is -0.508 e. The van der Waals surface area contributed by atoms with E-state index in [9.17, 15) is 66.1 Å². The summed E-state index contributed by atoms with van der Waals surface area (Å²) < 4.78 is 40.2. The molecule has 3 fully saturated rings. The number of fused-ring (bicyclic) bond motifs is 1. The smallest absolute Gasteiger partial charge is 0.239 e. The van der Waals surface area contributed by atoms with Gasteiger partial charge in [0, 0.05) is 17.7 Å². The molecule has 54 heavy (non-hydrogen) atoms. The zero-order chi connectivity index (χ0) is 39.5. The monoisotopic (exact) mass is 770 g/mol. The van der Waals surface area contributed by atoms with E-state index in [-0.39, 0.29) is 16.7 Å². The normalized spacial score (nSPS) is 37.3. The summed E-state index contributed by atoms with van der Waals surface area (Å²) in [7, 11) is 0. The zero-order valence-electron chi connectivity index (χ0n) is 28.8. The van der Waals surface area contributed by atoms with Crippen molar-refractivity contribution in [3.63, 3.8) is 0 Å². The number of phenolic OH excluding ortho intramolecular Hbond substituents is 3. The molecule has 4 heterocycles. The summed E-state index contributed by atoms with van der Waals surface area (Å²) in [5.74, 6) is -3.36. The third kappa shape index (κ3) is 7.17. The molecule has 3 aromatic rings. The molecule has 6 rings (SSSR count). The van der Waals surface area contributed by atoms with E-state index >= 15 is 0 Å². The fourth-order valence-corrected chi connectivity index (χ4v) is 6.46. The molecular formula is C34H42O20. The molecule has 15 atom stereocenters. The van der Waals surface area contributed by atoms with Gasteiger partial charge in [0.15, 0.2) is 29.7 Å². The van der Waals surface area contributed by atoms with Crippen LogP contribution in [0.3, 0.4) is 0 Å². The first-order chi connectivity index (χ1) is 25.4. The van der Waals surface area contributed by atoms with Gasteiger partial charge in [-0.15, -0.1) is 0 Å². The van der Waals surface area contributed by atoms with Gasteiger partial charge < -0.3 is 94.1 Å². The van der Waals surface area contributed by atoms with Crippen LogP contribution in [0.4, 0.5) is 0 Å². The molecule has 0 amide bonds. The Morgan fingerprint density at radius 3 is 1.96 bits per heavy atom. The maximum absolute atomic E-state index is 14.2. The molecule has 298 valence electrons. The van der Waals surface area contributed by atoms with Crippen LogP contribution in [0, 0.1) is 6.92 Å². The zero-order valence-corrected chi connectivity index (χ0v) is 28.8. The molecule has 0 spiro atoms. The predicted molar refractivity (Wildman–Crippen MR) is 176 cm³/mol. The van der Waals surface area contributed by atoms with E-state index in [1.54, 1.807) is 0 Å². The van der Waals surface area contributed by atoms with Crippen LogP contribution >= 0.6 is 0 Å². The molecule has 0 bridgehead atoms. The summed E-state index contributed by atoms with van der Waals surface area (Å²) in [5.41, 5.74) is -1.45. The molecule has 3 saturated heterocycles. The van der Waals surface area contributed by atoms with Crippen molar-refractivity contribution in [1.82, 2.24) is 0 Å². The highest BCUT2D eigenvalue weighted by atomic mass is 16.8. The van der Waals surface area contributed by atoms with Gasteiger partial charge in [-0.05, 0) is 38.5 Å². The molecule has 15 unspecified atom stereocenters. The molecule has 0 saturated carbocycles. The van der Waals surface area contributed by atoms with E-state index in [0.717, 1.165) is 18.2 Å². The Hall–Kier alpha value is -3.87. The van der Waals surface area contributed by atoms with E-state index in [2.05, 4.69) is 0 Å². The standard InChI is InChI=1S/C34H42O20/c1-9-4-12(5-16(19(9)38)51-33-28(47)25(44)22(41)17(8-35)52-33)29-30(23(42)18-14(37)6-13(36)7-15(18)50-29)53-34-31(26(45)21(40)11(3)49-34)54-32-27(46)24(43)20(39)10(2)48-32/h4-7,10-11,17,20-22,24-28,31-41,43-47H,8H2,1-3H3. The van der Waals surface area contributed by atoms with Crippen LogP contribution < -0.4 is 14.9 Å². The number of rotatable bonds is 8. The Balaban J connectivity index is 1.45. The summed E-state index contributed by atoms with van der Waals surface area (Å²) in [6.07, 6.45) is -24.7. The number of aryl methyl sites for hydroxylation is 1. The van der Waals surface area contributed by atoms with Crippen LogP contribution in [0.15, 0.2) is 33.5 Å². The van der Waals surface area contributed by atoms with Gasteiger partial charge in [-0.25, -0.2) is 0 Å². The quantitative estimate of drug-likeness (QED) is 0.109. The molecule has 3 aliphatic heterocycles. The van der Waals surface area contributed by atoms with Gasteiger partial charge in [0.1, 0.15) is 77.4 Å². The summed E-state index contributed by atoms with van der Waals surface area (Å²) in [5, 5.41) is 125. The number of ether oxygens (including phenoxy) is 6. The highest BCUT2D eigenvalue weighted by Gasteiger charge is 2.51. The summed E-state index contributed by atoms with van der Waals surface area (Å²) >= 11 is 0. The van der Waals surface area contributed by atoms with Gasteiger partial charge in [-0.3, -0.25) is 4.79 Å². The van der Waals surface area contributed by atoms with Crippen LogP contribution in [-0.2, 0) is 18.9 Å². The molecule has 0 aliphatic carbocycles. The second-order valence-corrected chi connectivity index (χ2v) is 13.5. The minimum absolute atomic E-state index is 0.0696. The number of aliphatic hydroxyl groups is 9. The van der Waals surface area contributed by atoms with Gasteiger partial charge in [0.05, 0.1) is 18.8 Å². The summed E-state index contributed by atoms with van der Waals surface area (Å²) in [4.78, 5) is 14.2. The van der Waals surface area contributed by atoms with E-state index in [0.29, 0.717) is 0 Å². The number of hydrogen-bond acceptors (Lipinski definition) is 20. The molecule has 3 aliphatic rings. The maximum atomic E-state index is 14.2. The number of aromatic hydroxyl groups is 3. The SMILES string of the molecule is Cc1cc(-c2oc3cc(O)cc(O)c3c(=O)c2OC2OC(C)C(O)C(O)C2OC2OC(C)C(O)C(O)C2O)cc(OC2OC(CO)C(O)C(O)C2O)c1O. The number of aliphatic hydroxyl groups excluding tert-OH is 9. The first-order valence-corrected chi connectivity index (χ1v) is 16.8. The van der Waals surface area contributed by atoms with Crippen molar-refractivity contribution < 1.29 is 94.1 Å². The van der Waals surface area contributed by atoms with Crippen molar-refractivity contribution in [3.05, 3.63) is 40.1 Å². The lowest BCUT2D eigenvalue weighted by molar-refractivity contribution is -0.352. The maximum Gasteiger partial charge on any atom is 0.239 e. The van der Waals surface area contributed by atoms with Gasteiger partial charge in [0.25, 0.3) is 0 Å². The molecule has 20 heteroatoms. The van der Waals surface area contributed by atoms with Crippen LogP contribution in [0.5, 0.6) is 28.7 Å². The Bertz CT molecular complexity index is 1880. The summed E-state index contributed by atoms with van der Waals surface area (Å²) in [6.45, 7) is 3.37. The van der Waals surface area contributed by atoms with Crippen molar-refractivity contribution >= 4 is 11.0 Å². The van der Waals surface area contributed by atoms with E-state index in [1.165, 1.54) is 26.8 Å². The average Bonchev–Trinajstić information content (AvgIpc) is 3.12. The molecule has 0 radical (unpaired) electrons. The lowest BCUT2D eigenvalue weighted by Gasteiger charge is -2.45. The lowest BCUT2D eigenvalue weighted by atomic mass is 9.98. The number of benzene rings is 2. The first-order valence-electron chi connectivity index (χ1n) is 16.8. The van der Waals surface area contributed by atoms with Crippen LogP contribution in [0.25, 0.3) is 22.3 Å². The van der Waals surface area contributed by atoms with Crippen molar-refractivity contribution in [2.24, 2.45) is 0 Å². The fraction of sp³-hybridized carbons (Fsp3) is 0.559. The summed E-state index contributed by atoms with van der Waals surface area (Å²) in [6, 6.07) is 4.26. The fourth-order valence-electron chi connectivity index (χ4n) is 6.46. The Labute approximate surface area is 304 Å². The minimum atomic E-state index is -1.88. The first kappa shape index (κ1) is 39.8. The van der Waals surface area contributed by atoms with Gasteiger partial charge in [-0.2, -0.15) is 0 Å². The molecule has 20 nitrogen and oxygen atoms in total. The van der Waals surface area contributed by atoms with Crippen molar-refractivity contribution in [1.29, 1.82) is 0 Å². The Morgan fingerprint density at radius 1 is 0.685 bits per heavy atom. The van der Waals surface area contributed by atoms with Crippen LogP contribution in [0.2, 0.25) is 0 Å². The predicted octanol–water partition coefficient (Wildman–Crippen LogP) is -2.88. The number of phenols is 3. The molecular weight excluding hydrogens is 728 g/mol. The third-order valence-electron chi connectivity index (χ3n) is 9.66. The van der Waals surface area contributed by atoms with Crippen molar-refractivity contribution in [2.75, 3.05) is 6.61 Å². The Morgan fingerprint density at radius 2 is 1.30 bits per heavy atom. The van der Waals surface area contributed by atoms with Crippen molar-refractivity contribution in [2.45, 2.75) is 113 Å². The topological polar surface area (TPSA) is 328 Å². The second-order valence-electron chi connectivity index (χ2n) is 13.5. The van der Waals surface area contributed by atoms with Gasteiger partial charge >= 0.3 is 0 Å². The van der Waals surface area contributed by atoms with Crippen molar-refractivity contribution in [3.8, 4) is 40.1 Å². The van der Waals surface area contributed by atoms with E-state index < -0.39 is 144 Å². The lowest BCUT2D eigenvalue weighted by Crippen LogP contribution is -2.63. The largest absolute Gasteiger partial charge is 0.508 e. The highest BCUT2D eigenvalue weighted by Crippen LogP contribution is 2.42. The second kappa shape index (κ2) is 15.3. The Kier molecular flexibility index (Phi) is 11.3. The van der Waals surface area contributed by atoms with E-state index in [4.69, 9.17) is 32.8 Å². The number of hydrogen-bond donors (Lipinski definition) is 12. The van der Waals surface area contributed by atoms with Crippen LogP contribution in [-0.4, -0.2) is 160 Å².